The van der Waals surface area contributed by atoms with E-state index >= 15 is 0 Å². The van der Waals surface area contributed by atoms with Gasteiger partial charge in [0.15, 0.2) is 0 Å². The summed E-state index contributed by atoms with van der Waals surface area (Å²) in [5.41, 5.74) is 0.942. The third kappa shape index (κ3) is 1.56. The fourth-order valence-corrected chi connectivity index (χ4v) is 4.88. The molecule has 0 unspecified atom stereocenters. The Labute approximate surface area is 66.4 Å². The van der Waals surface area contributed by atoms with Crippen LogP contribution >= 0.6 is 0 Å². The van der Waals surface area contributed by atoms with Gasteiger partial charge >= 0.3 is 66.3 Å². The summed E-state index contributed by atoms with van der Waals surface area (Å²) in [5, 5.41) is 0. The van der Waals surface area contributed by atoms with Crippen LogP contribution in [0.5, 0.6) is 0 Å². The molecule has 1 rings (SSSR count). The summed E-state index contributed by atoms with van der Waals surface area (Å²) < 4.78 is 1.29. The van der Waals surface area contributed by atoms with Crippen LogP contribution in [0.3, 0.4) is 0 Å². The number of carbonyl (C=O) groups is 1. The Morgan fingerprint density at radius 1 is 1.67 bits per heavy atom. The van der Waals surface area contributed by atoms with Crippen LogP contribution in [0.15, 0.2) is 9.88 Å². The summed E-state index contributed by atoms with van der Waals surface area (Å²) in [6.45, 7) is 0. The Balaban J connectivity index is 2.98. The molecule has 0 aromatic carbocycles. The molecule has 0 saturated carbocycles. The molecule has 0 N–H and O–H groups in total. The van der Waals surface area contributed by atoms with E-state index in [1.807, 2.05) is 4.94 Å². The third-order valence-corrected chi connectivity index (χ3v) is 5.02. The molecule has 1 heterocycles. The van der Waals surface area contributed by atoms with Gasteiger partial charge in [0, 0.05) is 0 Å². The first-order chi connectivity index (χ1) is 4.38. The quantitative estimate of drug-likeness (QED) is 0.532. The zero-order valence-corrected chi connectivity index (χ0v) is 8.38. The monoisotopic (exact) mass is 254 g/mol. The third-order valence-electron chi connectivity index (χ3n) is 1.00. The number of hydrogen-bond acceptors (Lipinski definition) is 1. The molecule has 0 aliphatic heterocycles. The molecule has 9 heavy (non-hydrogen) atoms. The Hall–Kier alpha value is 0.189. The van der Waals surface area contributed by atoms with Gasteiger partial charge in [-0.1, -0.05) is 0 Å². The standard InChI is InChI=1S/C6H6OSe2/c1-8-6-4-9-3-5(6)2-7/h2-4H,1H3. The fraction of sp³-hybridized carbons (Fsp3) is 0.167. The molecule has 1 nitrogen and oxygen atoms in total. The minimum absolute atomic E-state index is 0.476. The van der Waals surface area contributed by atoms with Gasteiger partial charge in [0.2, 0.25) is 0 Å². The fourth-order valence-electron chi connectivity index (χ4n) is 0.547. The minimum atomic E-state index is 0.476. The van der Waals surface area contributed by atoms with Gasteiger partial charge in [0.1, 0.15) is 0 Å². The van der Waals surface area contributed by atoms with E-state index in [-0.39, 0.29) is 0 Å². The van der Waals surface area contributed by atoms with Crippen molar-refractivity contribution in [1.82, 2.24) is 0 Å². The average molecular weight is 252 g/mol. The van der Waals surface area contributed by atoms with Crippen molar-refractivity contribution in [2.45, 2.75) is 5.82 Å². The molecule has 0 aliphatic carbocycles. The van der Waals surface area contributed by atoms with Gasteiger partial charge in [-0.15, -0.1) is 0 Å². The van der Waals surface area contributed by atoms with Crippen molar-refractivity contribution in [1.29, 1.82) is 0 Å². The van der Waals surface area contributed by atoms with Crippen LogP contribution in [-0.4, -0.2) is 35.7 Å². The predicted octanol–water partition coefficient (Wildman–Crippen LogP) is -0.0663. The van der Waals surface area contributed by atoms with Gasteiger partial charge in [-0.05, 0) is 0 Å². The van der Waals surface area contributed by atoms with Gasteiger partial charge in [0.25, 0.3) is 0 Å². The van der Waals surface area contributed by atoms with Gasteiger partial charge in [0.05, 0.1) is 0 Å². The summed E-state index contributed by atoms with van der Waals surface area (Å²) >= 11 is 0.980. The van der Waals surface area contributed by atoms with Crippen molar-refractivity contribution in [2.24, 2.45) is 0 Å². The Morgan fingerprint density at radius 2 is 2.44 bits per heavy atom. The van der Waals surface area contributed by atoms with Crippen LogP contribution in [0.2, 0.25) is 5.82 Å². The van der Waals surface area contributed by atoms with Crippen LogP contribution in [0.25, 0.3) is 0 Å². The Kier molecular flexibility index (Phi) is 2.74. The van der Waals surface area contributed by atoms with Crippen molar-refractivity contribution in [3.8, 4) is 0 Å². The molecule has 1 aromatic heterocycles. The summed E-state index contributed by atoms with van der Waals surface area (Å²) in [6, 6.07) is 0. The van der Waals surface area contributed by atoms with E-state index in [0.717, 1.165) is 11.8 Å². The van der Waals surface area contributed by atoms with Gasteiger partial charge in [-0.3, -0.25) is 0 Å². The SMILES string of the molecule is C[Se]c1c[se]cc1C=O. The molecule has 0 aliphatic rings. The number of carbonyl (C=O) groups excluding carboxylic acids is 1. The normalized spacial score (nSPS) is 9.44. The van der Waals surface area contributed by atoms with Crippen LogP contribution in [0.4, 0.5) is 0 Å². The molecule has 0 bridgehead atoms. The van der Waals surface area contributed by atoms with Crippen molar-refractivity contribution >= 4 is 40.2 Å². The van der Waals surface area contributed by atoms with Crippen molar-refractivity contribution in [3.05, 3.63) is 15.4 Å². The van der Waals surface area contributed by atoms with Crippen LogP contribution in [0.1, 0.15) is 10.4 Å². The first-order valence-electron chi connectivity index (χ1n) is 2.44. The molecule has 0 amide bonds. The molecule has 0 spiro atoms. The maximum atomic E-state index is 10.3. The van der Waals surface area contributed by atoms with E-state index in [0.29, 0.717) is 29.5 Å². The number of hydrogen-bond donors (Lipinski definition) is 0. The molecule has 0 atom stereocenters. The van der Waals surface area contributed by atoms with Gasteiger partial charge < -0.3 is 0 Å². The first-order valence-corrected chi connectivity index (χ1v) is 6.98. The van der Waals surface area contributed by atoms with Crippen LogP contribution in [0, 0.1) is 0 Å². The summed E-state index contributed by atoms with van der Waals surface area (Å²) in [7, 11) is 0. The average Bonchev–Trinajstić information content (AvgIpc) is 2.33. The van der Waals surface area contributed by atoms with E-state index in [2.05, 4.69) is 10.8 Å². The van der Waals surface area contributed by atoms with E-state index in [9.17, 15) is 4.79 Å². The van der Waals surface area contributed by atoms with Crippen LogP contribution in [-0.2, 0) is 0 Å². The first kappa shape index (κ1) is 7.30. The second kappa shape index (κ2) is 3.38. The molecular weight excluding hydrogens is 246 g/mol. The molecule has 1 aromatic rings. The topological polar surface area (TPSA) is 17.1 Å². The molecule has 0 saturated heterocycles. The van der Waals surface area contributed by atoms with Crippen molar-refractivity contribution < 1.29 is 4.79 Å². The molecule has 0 radical (unpaired) electrons. The summed E-state index contributed by atoms with van der Waals surface area (Å²) in [6.07, 6.45) is 0.964. The van der Waals surface area contributed by atoms with Crippen LogP contribution < -0.4 is 4.46 Å². The Bertz CT molecular complexity index is 205. The molecular formula is C6H6OSe2. The van der Waals surface area contributed by atoms with Gasteiger partial charge in [-0.2, -0.15) is 0 Å². The number of aldehydes is 1. The second-order valence-corrected chi connectivity index (χ2v) is 4.85. The number of rotatable bonds is 2. The van der Waals surface area contributed by atoms with Gasteiger partial charge in [-0.25, -0.2) is 0 Å². The zero-order chi connectivity index (χ0) is 6.69. The molecule has 48 valence electrons. The van der Waals surface area contributed by atoms with E-state index in [4.69, 9.17) is 0 Å². The molecule has 3 heteroatoms. The maximum absolute atomic E-state index is 10.3. The second-order valence-electron chi connectivity index (χ2n) is 1.51. The van der Waals surface area contributed by atoms with E-state index < -0.39 is 0 Å². The summed E-state index contributed by atoms with van der Waals surface area (Å²) in [4.78, 5) is 14.5. The van der Waals surface area contributed by atoms with E-state index in [1.54, 1.807) is 0 Å². The van der Waals surface area contributed by atoms with Crippen molar-refractivity contribution in [3.63, 3.8) is 0 Å². The van der Waals surface area contributed by atoms with E-state index in [1.165, 1.54) is 4.46 Å². The van der Waals surface area contributed by atoms with Crippen molar-refractivity contribution in [2.75, 3.05) is 0 Å². The predicted molar refractivity (Wildman–Crippen MR) is 40.0 cm³/mol. The Morgan fingerprint density at radius 3 is 2.89 bits per heavy atom. The summed E-state index contributed by atoms with van der Waals surface area (Å²) in [5.74, 6) is 2.14. The zero-order valence-electron chi connectivity index (χ0n) is 4.96. The molecule has 0 fully saturated rings.